The van der Waals surface area contributed by atoms with Crippen LogP contribution < -0.4 is 5.32 Å². The number of hydrogen-bond donors (Lipinski definition) is 1. The van der Waals surface area contributed by atoms with Crippen molar-refractivity contribution in [3.63, 3.8) is 0 Å². The Labute approximate surface area is 168 Å². The van der Waals surface area contributed by atoms with Gasteiger partial charge in [0, 0.05) is 48.3 Å². The zero-order chi connectivity index (χ0) is 20.4. The molecule has 2 heterocycles. The number of nitrogens with zero attached hydrogens (tertiary/aromatic N) is 1. The van der Waals surface area contributed by atoms with Gasteiger partial charge in [0.2, 0.25) is 5.91 Å². The Morgan fingerprint density at radius 1 is 1.14 bits per heavy atom. The third kappa shape index (κ3) is 4.06. The number of fused-ring (bicyclic) bond motifs is 1. The van der Waals surface area contributed by atoms with Crippen LogP contribution in [0.2, 0.25) is 0 Å². The smallest absolute Gasteiger partial charge is 0.254 e. The molecule has 0 atom stereocenters. The molecule has 4 rings (SSSR count). The Bertz CT molecular complexity index is 1060. The van der Waals surface area contributed by atoms with Crippen LogP contribution in [0.1, 0.15) is 35.0 Å². The van der Waals surface area contributed by atoms with E-state index in [2.05, 4.69) is 5.32 Å². The minimum absolute atomic E-state index is 0.0455. The van der Waals surface area contributed by atoms with Gasteiger partial charge >= 0.3 is 0 Å². The lowest BCUT2D eigenvalue weighted by molar-refractivity contribution is -0.115. The van der Waals surface area contributed by atoms with E-state index in [1.807, 2.05) is 30.3 Å². The summed E-state index contributed by atoms with van der Waals surface area (Å²) < 4.78 is 19.1. The van der Waals surface area contributed by atoms with Crippen molar-refractivity contribution in [2.24, 2.45) is 0 Å². The largest absolute Gasteiger partial charge is 0.461 e. The minimum atomic E-state index is -0.362. The summed E-state index contributed by atoms with van der Waals surface area (Å²) in [4.78, 5) is 26.1. The van der Waals surface area contributed by atoms with Gasteiger partial charge in [0.15, 0.2) is 0 Å². The summed E-state index contributed by atoms with van der Waals surface area (Å²) in [7, 11) is 0. The molecule has 0 fully saturated rings. The van der Waals surface area contributed by atoms with Crippen LogP contribution in [0.15, 0.2) is 59.0 Å². The fourth-order valence-corrected chi connectivity index (χ4v) is 3.42. The Morgan fingerprint density at radius 2 is 1.93 bits per heavy atom. The van der Waals surface area contributed by atoms with Crippen LogP contribution in [0, 0.1) is 5.82 Å². The summed E-state index contributed by atoms with van der Waals surface area (Å²) in [6.45, 7) is 2.79. The van der Waals surface area contributed by atoms with Gasteiger partial charge in [0.05, 0.1) is 0 Å². The van der Waals surface area contributed by atoms with Crippen LogP contribution in [0.5, 0.6) is 0 Å². The number of nitrogens with one attached hydrogen (secondary N) is 1. The molecule has 0 spiro atoms. The highest BCUT2D eigenvalue weighted by atomic mass is 19.1. The molecule has 0 radical (unpaired) electrons. The molecule has 1 N–H and O–H groups in total. The number of hydrogen-bond acceptors (Lipinski definition) is 3. The number of rotatable bonds is 4. The van der Waals surface area contributed by atoms with Gasteiger partial charge in [0.1, 0.15) is 17.3 Å². The van der Waals surface area contributed by atoms with Gasteiger partial charge in [-0.1, -0.05) is 19.1 Å². The van der Waals surface area contributed by atoms with Crippen molar-refractivity contribution < 1.29 is 18.4 Å². The monoisotopic (exact) mass is 392 g/mol. The second-order valence-electron chi connectivity index (χ2n) is 7.03. The molecule has 5 nitrogen and oxygen atoms in total. The van der Waals surface area contributed by atoms with Crippen molar-refractivity contribution in [3.8, 4) is 11.3 Å². The third-order valence-electron chi connectivity index (χ3n) is 5.00. The Kier molecular flexibility index (Phi) is 5.16. The first-order chi connectivity index (χ1) is 14.0. The van der Waals surface area contributed by atoms with Crippen molar-refractivity contribution in [1.29, 1.82) is 0 Å². The molecular formula is C23H21FN2O3. The number of anilines is 1. The standard InChI is InChI=1S/C23H21FN2O3/c1-2-22(27)25-19-5-3-4-16(12-19)21-13-17-14-26(11-10-20(17)29-21)23(28)15-6-8-18(24)9-7-15/h3-9,12-13H,2,10-11,14H2,1H3,(H,25,27). The Balaban J connectivity index is 1.53. The maximum Gasteiger partial charge on any atom is 0.254 e. The van der Waals surface area contributed by atoms with Gasteiger partial charge < -0.3 is 14.6 Å². The van der Waals surface area contributed by atoms with Crippen LogP contribution in [-0.2, 0) is 17.8 Å². The molecule has 0 aliphatic carbocycles. The fourth-order valence-electron chi connectivity index (χ4n) is 3.42. The second-order valence-corrected chi connectivity index (χ2v) is 7.03. The third-order valence-corrected chi connectivity index (χ3v) is 5.00. The predicted molar refractivity (Wildman–Crippen MR) is 108 cm³/mol. The van der Waals surface area contributed by atoms with Crippen LogP contribution in [0.25, 0.3) is 11.3 Å². The molecule has 1 aliphatic heterocycles. The van der Waals surface area contributed by atoms with E-state index in [1.54, 1.807) is 11.8 Å². The summed E-state index contributed by atoms with van der Waals surface area (Å²) in [6, 6.07) is 15.0. The predicted octanol–water partition coefficient (Wildman–Crippen LogP) is 4.63. The summed E-state index contributed by atoms with van der Waals surface area (Å²) in [5.74, 6) is 1.04. The number of benzene rings is 2. The maximum absolute atomic E-state index is 13.1. The molecule has 2 aromatic carbocycles. The van der Waals surface area contributed by atoms with Crippen LogP contribution in [0.4, 0.5) is 10.1 Å². The average Bonchev–Trinajstić information content (AvgIpc) is 3.17. The minimum Gasteiger partial charge on any atom is -0.461 e. The number of carbonyl (C=O) groups is 2. The van der Waals surface area contributed by atoms with Gasteiger partial charge in [-0.2, -0.15) is 0 Å². The molecule has 6 heteroatoms. The molecule has 0 bridgehead atoms. The van der Waals surface area contributed by atoms with Gasteiger partial charge in [-0.25, -0.2) is 4.39 Å². The molecule has 29 heavy (non-hydrogen) atoms. The highest BCUT2D eigenvalue weighted by Crippen LogP contribution is 2.31. The van der Waals surface area contributed by atoms with Gasteiger partial charge in [0.25, 0.3) is 5.91 Å². The quantitative estimate of drug-likeness (QED) is 0.704. The Morgan fingerprint density at radius 3 is 2.69 bits per heavy atom. The average molecular weight is 392 g/mol. The van der Waals surface area contributed by atoms with E-state index in [-0.39, 0.29) is 17.6 Å². The lowest BCUT2D eigenvalue weighted by atomic mass is 10.1. The zero-order valence-electron chi connectivity index (χ0n) is 16.1. The van der Waals surface area contributed by atoms with E-state index in [9.17, 15) is 14.0 Å². The summed E-state index contributed by atoms with van der Waals surface area (Å²) in [5.41, 5.74) is 3.02. The van der Waals surface area contributed by atoms with Crippen LogP contribution in [-0.4, -0.2) is 23.3 Å². The van der Waals surface area contributed by atoms with Gasteiger partial charge in [-0.05, 0) is 42.5 Å². The van der Waals surface area contributed by atoms with E-state index >= 15 is 0 Å². The first-order valence-electron chi connectivity index (χ1n) is 9.60. The normalized spacial score (nSPS) is 13.1. The molecule has 1 aliphatic rings. The van der Waals surface area contributed by atoms with Gasteiger partial charge in [-0.3, -0.25) is 9.59 Å². The van der Waals surface area contributed by atoms with Crippen LogP contribution in [0.3, 0.4) is 0 Å². The molecule has 3 aromatic rings. The molecule has 0 unspecified atom stereocenters. The maximum atomic E-state index is 13.1. The number of halogens is 1. The van der Waals surface area contributed by atoms with E-state index in [4.69, 9.17) is 4.42 Å². The highest BCUT2D eigenvalue weighted by Gasteiger charge is 2.25. The lowest BCUT2D eigenvalue weighted by Crippen LogP contribution is -2.35. The molecule has 1 aromatic heterocycles. The molecule has 148 valence electrons. The van der Waals surface area contributed by atoms with Crippen LogP contribution >= 0.6 is 0 Å². The fraction of sp³-hybridized carbons (Fsp3) is 0.217. The van der Waals surface area contributed by atoms with E-state index in [0.29, 0.717) is 37.3 Å². The summed E-state index contributed by atoms with van der Waals surface area (Å²) >= 11 is 0. The molecule has 0 saturated carbocycles. The van der Waals surface area contributed by atoms with Crippen molar-refractivity contribution >= 4 is 17.5 Å². The first-order valence-corrected chi connectivity index (χ1v) is 9.60. The summed E-state index contributed by atoms with van der Waals surface area (Å²) in [6.07, 6.45) is 1.03. The molecular weight excluding hydrogens is 371 g/mol. The van der Waals surface area contributed by atoms with Gasteiger partial charge in [-0.15, -0.1) is 0 Å². The van der Waals surface area contributed by atoms with Crippen molar-refractivity contribution in [3.05, 3.63) is 77.3 Å². The van der Waals surface area contributed by atoms with E-state index in [1.165, 1.54) is 24.3 Å². The Hall–Kier alpha value is -3.41. The number of carbonyl (C=O) groups excluding carboxylic acids is 2. The van der Waals surface area contributed by atoms with E-state index < -0.39 is 0 Å². The highest BCUT2D eigenvalue weighted by molar-refractivity contribution is 5.94. The lowest BCUT2D eigenvalue weighted by Gasteiger charge is -2.26. The number of amides is 2. The molecule has 2 amide bonds. The number of furan rings is 1. The zero-order valence-corrected chi connectivity index (χ0v) is 16.1. The topological polar surface area (TPSA) is 62.6 Å². The van der Waals surface area contributed by atoms with Crippen molar-refractivity contribution in [2.75, 3.05) is 11.9 Å². The van der Waals surface area contributed by atoms with Crippen molar-refractivity contribution in [2.45, 2.75) is 26.3 Å². The second kappa shape index (κ2) is 7.91. The first kappa shape index (κ1) is 18.9. The SMILES string of the molecule is CCC(=O)Nc1cccc(-c2cc3c(o2)CCN(C(=O)c2ccc(F)cc2)C3)c1. The summed E-state index contributed by atoms with van der Waals surface area (Å²) in [5, 5.41) is 2.85. The van der Waals surface area contributed by atoms with Crippen molar-refractivity contribution in [1.82, 2.24) is 4.90 Å². The molecule has 0 saturated heterocycles. The van der Waals surface area contributed by atoms with E-state index in [0.717, 1.165) is 22.6 Å².